The largest absolute Gasteiger partial charge is 0.467 e. The number of oxazole rings is 1. The fourth-order valence-electron chi connectivity index (χ4n) is 4.99. The standard InChI is InChI=1S/C27H35N3O3/c1-21-24(28-25(33-21)23-10-5-4-6-11-23)12-9-15-29-18-13-22(14-19-29)20-27(2,26(31)32-3)30-16-7-8-17-30/h4-8,10-11,16-17,22H,9,12-15,18-20H2,1-3H3. The normalized spacial score (nSPS) is 17.1. The number of piperidine rings is 1. The molecule has 1 atom stereocenters. The Kier molecular flexibility index (Phi) is 7.33. The summed E-state index contributed by atoms with van der Waals surface area (Å²) in [6.45, 7) is 7.20. The van der Waals surface area contributed by atoms with Crippen LogP contribution < -0.4 is 0 Å². The molecule has 6 nitrogen and oxygen atoms in total. The SMILES string of the molecule is COC(=O)C(C)(CC1CCN(CCCc2nc(-c3ccccc3)oc2C)CC1)n1cccc1. The summed E-state index contributed by atoms with van der Waals surface area (Å²) in [4.78, 5) is 19.9. The molecule has 3 aromatic rings. The molecule has 6 heteroatoms. The van der Waals surface area contributed by atoms with E-state index in [0.29, 0.717) is 11.8 Å². The zero-order valence-electron chi connectivity index (χ0n) is 20.0. The Morgan fingerprint density at radius 3 is 2.52 bits per heavy atom. The predicted molar refractivity (Wildman–Crippen MR) is 129 cm³/mol. The van der Waals surface area contributed by atoms with Crippen LogP contribution in [0.2, 0.25) is 0 Å². The Bertz CT molecular complexity index is 1020. The highest BCUT2D eigenvalue weighted by molar-refractivity contribution is 5.78. The molecule has 0 radical (unpaired) electrons. The van der Waals surface area contributed by atoms with E-state index in [1.54, 1.807) is 0 Å². The highest BCUT2D eigenvalue weighted by atomic mass is 16.5. The van der Waals surface area contributed by atoms with Gasteiger partial charge in [0.2, 0.25) is 5.89 Å². The molecule has 33 heavy (non-hydrogen) atoms. The number of carbonyl (C=O) groups excluding carboxylic acids is 1. The molecular formula is C27H35N3O3. The van der Waals surface area contributed by atoms with E-state index in [2.05, 4.69) is 4.90 Å². The molecule has 1 aliphatic rings. The quantitative estimate of drug-likeness (QED) is 0.427. The summed E-state index contributed by atoms with van der Waals surface area (Å²) in [6.07, 6.45) is 8.93. The van der Waals surface area contributed by atoms with E-state index < -0.39 is 5.54 Å². The van der Waals surface area contributed by atoms with E-state index >= 15 is 0 Å². The minimum atomic E-state index is -0.647. The third-order valence-electron chi connectivity index (χ3n) is 6.99. The molecule has 0 aliphatic carbocycles. The number of esters is 1. The van der Waals surface area contributed by atoms with Crippen molar-refractivity contribution < 1.29 is 13.9 Å². The summed E-state index contributed by atoms with van der Waals surface area (Å²) in [5, 5.41) is 0. The van der Waals surface area contributed by atoms with Gasteiger partial charge in [0.05, 0.1) is 12.8 Å². The van der Waals surface area contributed by atoms with Gasteiger partial charge in [-0.2, -0.15) is 0 Å². The van der Waals surface area contributed by atoms with Gasteiger partial charge in [0.15, 0.2) is 0 Å². The first kappa shape index (κ1) is 23.3. The van der Waals surface area contributed by atoms with Crippen LogP contribution in [0.25, 0.3) is 11.5 Å². The van der Waals surface area contributed by atoms with Crippen LogP contribution in [0.1, 0.15) is 44.1 Å². The van der Waals surface area contributed by atoms with Gasteiger partial charge >= 0.3 is 5.97 Å². The molecule has 0 spiro atoms. The lowest BCUT2D eigenvalue weighted by molar-refractivity contribution is -0.151. The Hall–Kier alpha value is -2.86. The van der Waals surface area contributed by atoms with Crippen LogP contribution in [-0.4, -0.2) is 47.2 Å². The highest BCUT2D eigenvalue weighted by Crippen LogP contribution is 2.32. The fraction of sp³-hybridized carbons (Fsp3) is 0.481. The topological polar surface area (TPSA) is 60.5 Å². The lowest BCUT2D eigenvalue weighted by Gasteiger charge is -2.37. The number of likely N-dealkylation sites (tertiary alicyclic amines) is 1. The van der Waals surface area contributed by atoms with Crippen LogP contribution in [0.4, 0.5) is 0 Å². The predicted octanol–water partition coefficient (Wildman–Crippen LogP) is 5.07. The molecule has 3 heterocycles. The van der Waals surface area contributed by atoms with Crippen molar-refractivity contribution in [2.75, 3.05) is 26.7 Å². The fourth-order valence-corrected chi connectivity index (χ4v) is 4.99. The lowest BCUT2D eigenvalue weighted by Crippen LogP contribution is -2.43. The zero-order chi connectivity index (χ0) is 23.3. The second-order valence-electron chi connectivity index (χ2n) is 9.34. The molecule has 2 aromatic heterocycles. The Balaban J connectivity index is 1.26. The number of aromatic nitrogens is 2. The molecule has 1 fully saturated rings. The third-order valence-corrected chi connectivity index (χ3v) is 6.99. The average Bonchev–Trinajstić information content (AvgIpc) is 3.51. The third kappa shape index (κ3) is 5.38. The van der Waals surface area contributed by atoms with E-state index in [-0.39, 0.29) is 5.97 Å². The van der Waals surface area contributed by atoms with E-state index in [1.165, 1.54) is 7.11 Å². The van der Waals surface area contributed by atoms with Gasteiger partial charge < -0.3 is 18.6 Å². The highest BCUT2D eigenvalue weighted by Gasteiger charge is 2.38. The number of hydrogen-bond acceptors (Lipinski definition) is 5. The first-order valence-corrected chi connectivity index (χ1v) is 12.0. The average molecular weight is 450 g/mol. The molecule has 1 saturated heterocycles. The van der Waals surface area contributed by atoms with Crippen LogP contribution in [-0.2, 0) is 21.5 Å². The monoisotopic (exact) mass is 449 g/mol. The Morgan fingerprint density at radius 1 is 1.15 bits per heavy atom. The van der Waals surface area contributed by atoms with Crippen molar-refractivity contribution in [1.29, 1.82) is 0 Å². The summed E-state index contributed by atoms with van der Waals surface area (Å²) >= 11 is 0. The molecule has 1 unspecified atom stereocenters. The van der Waals surface area contributed by atoms with Crippen LogP contribution >= 0.6 is 0 Å². The maximum absolute atomic E-state index is 12.6. The van der Waals surface area contributed by atoms with Crippen molar-refractivity contribution in [2.24, 2.45) is 5.92 Å². The van der Waals surface area contributed by atoms with Crippen LogP contribution in [0.3, 0.4) is 0 Å². The van der Waals surface area contributed by atoms with Crippen molar-refractivity contribution in [2.45, 2.75) is 51.5 Å². The van der Waals surface area contributed by atoms with Gasteiger partial charge in [-0.05, 0) is 95.8 Å². The summed E-state index contributed by atoms with van der Waals surface area (Å²) in [5.41, 5.74) is 1.43. The van der Waals surface area contributed by atoms with Crippen molar-refractivity contribution in [3.63, 3.8) is 0 Å². The lowest BCUT2D eigenvalue weighted by atomic mass is 9.83. The van der Waals surface area contributed by atoms with Gasteiger partial charge in [-0.15, -0.1) is 0 Å². The minimum absolute atomic E-state index is 0.168. The van der Waals surface area contributed by atoms with Crippen molar-refractivity contribution >= 4 is 5.97 Å². The van der Waals surface area contributed by atoms with E-state index in [9.17, 15) is 4.79 Å². The molecule has 176 valence electrons. The Morgan fingerprint density at radius 2 is 1.85 bits per heavy atom. The second-order valence-corrected chi connectivity index (χ2v) is 9.34. The number of nitrogens with zero attached hydrogens (tertiary/aromatic N) is 3. The van der Waals surface area contributed by atoms with Gasteiger partial charge in [-0.25, -0.2) is 9.78 Å². The van der Waals surface area contributed by atoms with Gasteiger partial charge in [-0.1, -0.05) is 18.2 Å². The molecule has 0 bridgehead atoms. The first-order valence-electron chi connectivity index (χ1n) is 12.0. The number of aryl methyl sites for hydroxylation is 2. The van der Waals surface area contributed by atoms with Gasteiger partial charge in [-0.3, -0.25) is 0 Å². The molecule has 1 aliphatic heterocycles. The molecule has 1 aromatic carbocycles. The van der Waals surface area contributed by atoms with Crippen LogP contribution in [0.5, 0.6) is 0 Å². The Labute approximate surface area is 196 Å². The molecule has 0 amide bonds. The van der Waals surface area contributed by atoms with Crippen LogP contribution in [0, 0.1) is 12.8 Å². The number of hydrogen-bond donors (Lipinski definition) is 0. The summed E-state index contributed by atoms with van der Waals surface area (Å²) in [7, 11) is 1.48. The van der Waals surface area contributed by atoms with Crippen molar-refractivity contribution in [3.8, 4) is 11.5 Å². The molecular weight excluding hydrogens is 414 g/mol. The van der Waals surface area contributed by atoms with Gasteiger partial charge in [0, 0.05) is 18.0 Å². The first-order chi connectivity index (χ1) is 16.0. The molecule has 0 N–H and O–H groups in total. The summed E-state index contributed by atoms with van der Waals surface area (Å²) < 4.78 is 13.0. The van der Waals surface area contributed by atoms with Gasteiger partial charge in [0.25, 0.3) is 0 Å². The van der Waals surface area contributed by atoms with Crippen molar-refractivity contribution in [1.82, 2.24) is 14.5 Å². The molecule has 0 saturated carbocycles. The van der Waals surface area contributed by atoms with E-state index in [4.69, 9.17) is 14.1 Å². The maximum Gasteiger partial charge on any atom is 0.331 e. The number of rotatable bonds is 9. The van der Waals surface area contributed by atoms with Crippen molar-refractivity contribution in [3.05, 3.63) is 66.3 Å². The van der Waals surface area contributed by atoms with Crippen LogP contribution in [0.15, 0.2) is 59.3 Å². The second kappa shape index (κ2) is 10.4. The smallest absolute Gasteiger partial charge is 0.331 e. The maximum atomic E-state index is 12.6. The number of benzene rings is 1. The van der Waals surface area contributed by atoms with E-state index in [1.807, 2.05) is 73.3 Å². The van der Waals surface area contributed by atoms with E-state index in [0.717, 1.165) is 68.8 Å². The summed E-state index contributed by atoms with van der Waals surface area (Å²) in [5.74, 6) is 1.97. The zero-order valence-corrected chi connectivity index (χ0v) is 20.0. The summed E-state index contributed by atoms with van der Waals surface area (Å²) in [6, 6.07) is 14.0. The number of methoxy groups -OCH3 is 1. The number of carbonyl (C=O) groups is 1. The molecule has 4 rings (SSSR count). The number of ether oxygens (including phenoxy) is 1. The minimum Gasteiger partial charge on any atom is -0.467 e. The van der Waals surface area contributed by atoms with Gasteiger partial charge in [0.1, 0.15) is 11.3 Å².